The molecule has 2 bridgehead atoms. The second kappa shape index (κ2) is 8.70. The fourth-order valence-corrected chi connectivity index (χ4v) is 4.42. The molecule has 2 heterocycles. The number of hydrogen-bond acceptors (Lipinski definition) is 3. The lowest BCUT2D eigenvalue weighted by atomic mass is 9.89. The molecule has 3 unspecified atom stereocenters. The average Bonchev–Trinajstić information content (AvgIpc) is 2.97. The smallest absolute Gasteiger partial charge is 0.220 e. The maximum Gasteiger partial charge on any atom is 0.220 e. The number of methoxy groups -OCH3 is 1. The monoisotopic (exact) mass is 344 g/mol. The summed E-state index contributed by atoms with van der Waals surface area (Å²) in [5.74, 6) is 1.61. The number of nitrogens with one attached hydrogen (secondary N) is 2. The molecule has 1 aromatic rings. The molecule has 138 valence electrons. The highest BCUT2D eigenvalue weighted by Gasteiger charge is 2.34. The Balaban J connectivity index is 1.57. The van der Waals surface area contributed by atoms with Gasteiger partial charge < -0.3 is 15.4 Å². The Morgan fingerprint density at radius 2 is 1.92 bits per heavy atom. The number of amides is 1. The van der Waals surface area contributed by atoms with Crippen LogP contribution < -0.4 is 15.4 Å². The molecule has 0 saturated carbocycles. The van der Waals surface area contributed by atoms with E-state index in [-0.39, 0.29) is 11.9 Å². The lowest BCUT2D eigenvalue weighted by Crippen LogP contribution is -2.40. The van der Waals surface area contributed by atoms with Crippen LogP contribution in [0.3, 0.4) is 0 Å². The summed E-state index contributed by atoms with van der Waals surface area (Å²) in [4.78, 5) is 12.7. The summed E-state index contributed by atoms with van der Waals surface area (Å²) in [6.45, 7) is 2.19. The van der Waals surface area contributed by atoms with Gasteiger partial charge >= 0.3 is 0 Å². The van der Waals surface area contributed by atoms with Crippen molar-refractivity contribution in [1.82, 2.24) is 10.6 Å². The van der Waals surface area contributed by atoms with E-state index in [0.29, 0.717) is 24.4 Å². The minimum atomic E-state index is 0.108. The summed E-state index contributed by atoms with van der Waals surface area (Å²) < 4.78 is 5.24. The van der Waals surface area contributed by atoms with Crippen molar-refractivity contribution in [2.24, 2.45) is 5.92 Å². The van der Waals surface area contributed by atoms with E-state index >= 15 is 0 Å². The molecule has 2 fully saturated rings. The topological polar surface area (TPSA) is 50.4 Å². The van der Waals surface area contributed by atoms with Crippen molar-refractivity contribution in [3.8, 4) is 5.75 Å². The van der Waals surface area contributed by atoms with Gasteiger partial charge in [-0.3, -0.25) is 4.79 Å². The van der Waals surface area contributed by atoms with Crippen LogP contribution in [-0.2, 0) is 4.79 Å². The van der Waals surface area contributed by atoms with Crippen molar-refractivity contribution < 1.29 is 9.53 Å². The minimum absolute atomic E-state index is 0.108. The Labute approximate surface area is 151 Å². The van der Waals surface area contributed by atoms with Crippen LogP contribution in [-0.4, -0.2) is 25.1 Å². The maximum atomic E-state index is 12.7. The second-order valence-electron chi connectivity index (χ2n) is 7.71. The molecule has 25 heavy (non-hydrogen) atoms. The number of carbonyl (C=O) groups is 1. The Hall–Kier alpha value is -1.55. The van der Waals surface area contributed by atoms with Crippen LogP contribution >= 0.6 is 0 Å². The van der Waals surface area contributed by atoms with Gasteiger partial charge in [-0.05, 0) is 55.7 Å². The number of benzene rings is 1. The molecule has 0 spiro atoms. The third kappa shape index (κ3) is 4.97. The molecule has 1 aromatic carbocycles. The van der Waals surface area contributed by atoms with Crippen LogP contribution in [0.25, 0.3) is 0 Å². The Kier molecular flexibility index (Phi) is 6.35. The third-order valence-corrected chi connectivity index (χ3v) is 5.74. The standard InChI is InChI=1S/C21H32N2O2/c1-3-4-5-20(16-6-10-19(25-2)11-7-16)23-21(24)14-15-12-17-8-9-18(13-15)22-17/h6-7,10-11,15,17-18,20,22H,3-5,8-9,12-14H2,1-2H3,(H,23,24). The van der Waals surface area contributed by atoms with Crippen molar-refractivity contribution >= 4 is 5.91 Å². The Morgan fingerprint density at radius 1 is 1.24 bits per heavy atom. The molecule has 2 N–H and O–H groups in total. The SMILES string of the molecule is CCCCC(NC(=O)CC1CC2CCC(C1)N2)c1ccc(OC)cc1. The van der Waals surface area contributed by atoms with Gasteiger partial charge in [0.05, 0.1) is 13.2 Å². The van der Waals surface area contributed by atoms with E-state index in [0.717, 1.165) is 37.9 Å². The van der Waals surface area contributed by atoms with Crippen molar-refractivity contribution in [2.45, 2.75) is 76.4 Å². The predicted octanol–water partition coefficient (Wildman–Crippen LogP) is 3.96. The number of unbranched alkanes of at least 4 members (excludes halogenated alkanes) is 1. The summed E-state index contributed by atoms with van der Waals surface area (Å²) in [6.07, 6.45) is 8.81. The number of fused-ring (bicyclic) bond motifs is 2. The van der Waals surface area contributed by atoms with E-state index in [1.54, 1.807) is 7.11 Å². The van der Waals surface area contributed by atoms with Crippen LogP contribution in [0.2, 0.25) is 0 Å². The van der Waals surface area contributed by atoms with Gasteiger partial charge in [0.2, 0.25) is 5.91 Å². The lowest BCUT2D eigenvalue weighted by Gasteiger charge is -2.29. The first-order valence-electron chi connectivity index (χ1n) is 9.87. The lowest BCUT2D eigenvalue weighted by molar-refractivity contribution is -0.123. The Morgan fingerprint density at radius 3 is 2.52 bits per heavy atom. The van der Waals surface area contributed by atoms with Crippen LogP contribution in [0.1, 0.15) is 69.9 Å². The highest BCUT2D eigenvalue weighted by molar-refractivity contribution is 5.76. The fraction of sp³-hybridized carbons (Fsp3) is 0.667. The summed E-state index contributed by atoms with van der Waals surface area (Å²) in [7, 11) is 1.68. The maximum absolute atomic E-state index is 12.7. The van der Waals surface area contributed by atoms with Gasteiger partial charge in [-0.1, -0.05) is 31.9 Å². The highest BCUT2D eigenvalue weighted by atomic mass is 16.5. The molecule has 0 radical (unpaired) electrons. The van der Waals surface area contributed by atoms with Gasteiger partial charge in [0, 0.05) is 18.5 Å². The van der Waals surface area contributed by atoms with E-state index in [1.165, 1.54) is 18.4 Å². The zero-order valence-electron chi connectivity index (χ0n) is 15.6. The molecule has 4 nitrogen and oxygen atoms in total. The number of hydrogen-bond donors (Lipinski definition) is 2. The van der Waals surface area contributed by atoms with Gasteiger partial charge in [-0.2, -0.15) is 0 Å². The van der Waals surface area contributed by atoms with E-state index in [9.17, 15) is 4.79 Å². The normalized spacial score (nSPS) is 26.2. The first-order valence-corrected chi connectivity index (χ1v) is 9.87. The molecule has 1 amide bonds. The van der Waals surface area contributed by atoms with E-state index < -0.39 is 0 Å². The molecule has 4 heteroatoms. The van der Waals surface area contributed by atoms with Crippen LogP contribution in [0.5, 0.6) is 5.75 Å². The largest absolute Gasteiger partial charge is 0.497 e. The molecule has 2 saturated heterocycles. The van der Waals surface area contributed by atoms with E-state index in [1.807, 2.05) is 12.1 Å². The first-order chi connectivity index (χ1) is 12.2. The molecule has 3 atom stereocenters. The van der Waals surface area contributed by atoms with Gasteiger partial charge in [0.1, 0.15) is 5.75 Å². The molecular formula is C21H32N2O2. The van der Waals surface area contributed by atoms with Gasteiger partial charge in [0.25, 0.3) is 0 Å². The zero-order valence-corrected chi connectivity index (χ0v) is 15.6. The minimum Gasteiger partial charge on any atom is -0.497 e. The number of carbonyl (C=O) groups excluding carboxylic acids is 1. The van der Waals surface area contributed by atoms with Crippen molar-refractivity contribution in [2.75, 3.05) is 7.11 Å². The summed E-state index contributed by atoms with van der Waals surface area (Å²) >= 11 is 0. The summed E-state index contributed by atoms with van der Waals surface area (Å²) in [6, 6.07) is 9.50. The molecule has 0 aliphatic carbocycles. The molecule has 0 aromatic heterocycles. The van der Waals surface area contributed by atoms with Crippen molar-refractivity contribution in [3.63, 3.8) is 0 Å². The number of piperidine rings is 1. The molecule has 2 aliphatic rings. The van der Waals surface area contributed by atoms with Gasteiger partial charge in [-0.25, -0.2) is 0 Å². The predicted molar refractivity (Wildman–Crippen MR) is 101 cm³/mol. The number of ether oxygens (including phenoxy) is 1. The van der Waals surface area contributed by atoms with Crippen molar-refractivity contribution in [3.05, 3.63) is 29.8 Å². The number of rotatable bonds is 8. The highest BCUT2D eigenvalue weighted by Crippen LogP contribution is 2.33. The summed E-state index contributed by atoms with van der Waals surface area (Å²) in [5, 5.41) is 6.96. The van der Waals surface area contributed by atoms with Gasteiger partial charge in [-0.15, -0.1) is 0 Å². The molecule has 3 rings (SSSR count). The molecular weight excluding hydrogens is 312 g/mol. The quantitative estimate of drug-likeness (QED) is 0.750. The third-order valence-electron chi connectivity index (χ3n) is 5.74. The van der Waals surface area contributed by atoms with Gasteiger partial charge in [0.15, 0.2) is 0 Å². The van der Waals surface area contributed by atoms with Crippen LogP contribution in [0.15, 0.2) is 24.3 Å². The van der Waals surface area contributed by atoms with Crippen molar-refractivity contribution in [1.29, 1.82) is 0 Å². The Bertz CT molecular complexity index is 546. The van der Waals surface area contributed by atoms with E-state index in [2.05, 4.69) is 29.7 Å². The second-order valence-corrected chi connectivity index (χ2v) is 7.71. The van der Waals surface area contributed by atoms with Crippen LogP contribution in [0, 0.1) is 5.92 Å². The average molecular weight is 344 g/mol. The van der Waals surface area contributed by atoms with Crippen LogP contribution in [0.4, 0.5) is 0 Å². The fourth-order valence-electron chi connectivity index (χ4n) is 4.42. The van der Waals surface area contributed by atoms with E-state index in [4.69, 9.17) is 4.74 Å². The zero-order chi connectivity index (χ0) is 17.6. The first kappa shape index (κ1) is 18.2. The summed E-state index contributed by atoms with van der Waals surface area (Å²) in [5.41, 5.74) is 1.17. The molecule has 2 aliphatic heterocycles.